The maximum Gasteiger partial charge on any atom is 0.336 e. The Balaban J connectivity index is 1.87. The lowest BCUT2D eigenvalue weighted by atomic mass is 10.0. The molecular weight excluding hydrogens is 374 g/mol. The number of fused-ring (bicyclic) bond motifs is 3. The van der Waals surface area contributed by atoms with Gasteiger partial charge in [-0.05, 0) is 29.7 Å². The first-order valence-electron chi connectivity index (χ1n) is 8.56. The zero-order valence-corrected chi connectivity index (χ0v) is 16.1. The molecule has 0 fully saturated rings. The van der Waals surface area contributed by atoms with Crippen molar-refractivity contribution < 1.29 is 19.4 Å². The first kappa shape index (κ1) is 18.0. The molecule has 4 rings (SSSR count). The van der Waals surface area contributed by atoms with Gasteiger partial charge in [0.2, 0.25) is 0 Å². The summed E-state index contributed by atoms with van der Waals surface area (Å²) in [6, 6.07) is 17.1. The fourth-order valence-electron chi connectivity index (χ4n) is 3.14. The van der Waals surface area contributed by atoms with Gasteiger partial charge in [0.1, 0.15) is 16.5 Å². The Kier molecular flexibility index (Phi) is 4.71. The molecule has 6 heteroatoms. The smallest absolute Gasteiger partial charge is 0.336 e. The van der Waals surface area contributed by atoms with E-state index >= 15 is 0 Å². The molecule has 0 radical (unpaired) electrons. The maximum atomic E-state index is 12.0. The van der Waals surface area contributed by atoms with E-state index in [0.29, 0.717) is 22.1 Å². The van der Waals surface area contributed by atoms with Gasteiger partial charge < -0.3 is 14.6 Å². The van der Waals surface area contributed by atoms with Crippen LogP contribution in [0.5, 0.6) is 11.5 Å². The van der Waals surface area contributed by atoms with E-state index in [0.717, 1.165) is 21.0 Å². The molecule has 4 aromatic rings. The highest BCUT2D eigenvalue weighted by atomic mass is 32.1. The minimum atomic E-state index is -1.05. The van der Waals surface area contributed by atoms with Crippen molar-refractivity contribution in [3.63, 3.8) is 0 Å². The molecule has 28 heavy (non-hydrogen) atoms. The van der Waals surface area contributed by atoms with Crippen LogP contribution in [0.15, 0.2) is 54.6 Å². The van der Waals surface area contributed by atoms with Crippen LogP contribution in [-0.2, 0) is 4.79 Å². The van der Waals surface area contributed by atoms with E-state index in [1.54, 1.807) is 31.4 Å². The summed E-state index contributed by atoms with van der Waals surface area (Å²) < 4.78 is 11.6. The van der Waals surface area contributed by atoms with Gasteiger partial charge in [0, 0.05) is 17.0 Å². The molecule has 140 valence electrons. The van der Waals surface area contributed by atoms with Crippen LogP contribution in [0.3, 0.4) is 0 Å². The van der Waals surface area contributed by atoms with E-state index in [1.807, 2.05) is 36.4 Å². The quantitative estimate of drug-likeness (QED) is 0.480. The van der Waals surface area contributed by atoms with Crippen molar-refractivity contribution in [2.45, 2.75) is 0 Å². The molecule has 0 saturated heterocycles. The Morgan fingerprint density at radius 3 is 2.64 bits per heavy atom. The average molecular weight is 391 g/mol. The predicted molar refractivity (Wildman–Crippen MR) is 112 cm³/mol. The normalized spacial score (nSPS) is 11.7. The van der Waals surface area contributed by atoms with Gasteiger partial charge in [-0.1, -0.05) is 30.3 Å². The topological polar surface area (TPSA) is 68.7 Å². The second-order valence-corrected chi connectivity index (χ2v) is 7.18. The summed E-state index contributed by atoms with van der Waals surface area (Å²) in [7, 11) is 3.05. The third-order valence-electron chi connectivity index (χ3n) is 4.50. The summed E-state index contributed by atoms with van der Waals surface area (Å²) in [4.78, 5) is 16.7. The van der Waals surface area contributed by atoms with Crippen LogP contribution in [0.25, 0.3) is 32.6 Å². The van der Waals surface area contributed by atoms with Gasteiger partial charge in [-0.2, -0.15) is 0 Å². The monoisotopic (exact) mass is 391 g/mol. The SMILES string of the molecule is COc1ccc(/C(=C\c2nc3c(ccc4ccccc43)s2)C(=O)O)c(OC)c1. The number of benzene rings is 3. The van der Waals surface area contributed by atoms with Gasteiger partial charge in [-0.25, -0.2) is 9.78 Å². The van der Waals surface area contributed by atoms with E-state index in [1.165, 1.54) is 18.4 Å². The minimum absolute atomic E-state index is 0.114. The number of thiazole rings is 1. The third kappa shape index (κ3) is 3.18. The maximum absolute atomic E-state index is 12.0. The van der Waals surface area contributed by atoms with Crippen LogP contribution in [0, 0.1) is 0 Å². The van der Waals surface area contributed by atoms with E-state index in [9.17, 15) is 9.90 Å². The minimum Gasteiger partial charge on any atom is -0.497 e. The van der Waals surface area contributed by atoms with Crippen molar-refractivity contribution in [1.82, 2.24) is 4.98 Å². The Morgan fingerprint density at radius 2 is 1.89 bits per heavy atom. The standard InChI is InChI=1S/C22H17NO4S/c1-26-14-8-9-16(18(11-14)27-2)17(22(24)25)12-20-23-21-15-6-4-3-5-13(15)7-10-19(21)28-20/h3-12H,1-2H3,(H,24,25)/b17-12+. The predicted octanol–water partition coefficient (Wildman–Crippen LogP) is 5.09. The Labute approximate surface area is 165 Å². The lowest BCUT2D eigenvalue weighted by molar-refractivity contribution is -0.130. The Hall–Kier alpha value is -3.38. The number of hydrogen-bond acceptors (Lipinski definition) is 5. The number of nitrogens with zero attached hydrogens (tertiary/aromatic N) is 1. The van der Waals surface area contributed by atoms with Gasteiger partial charge in [0.15, 0.2) is 0 Å². The highest BCUT2D eigenvalue weighted by molar-refractivity contribution is 7.19. The summed E-state index contributed by atoms with van der Waals surface area (Å²) in [5.74, 6) is -0.0241. The molecule has 3 aromatic carbocycles. The van der Waals surface area contributed by atoms with Crippen molar-refractivity contribution in [1.29, 1.82) is 0 Å². The molecule has 1 heterocycles. The fraction of sp³-hybridized carbons (Fsp3) is 0.0909. The van der Waals surface area contributed by atoms with Crippen LogP contribution < -0.4 is 9.47 Å². The second kappa shape index (κ2) is 7.32. The molecule has 0 bridgehead atoms. The summed E-state index contributed by atoms with van der Waals surface area (Å²) in [6.07, 6.45) is 1.59. The van der Waals surface area contributed by atoms with Crippen molar-refractivity contribution in [3.05, 3.63) is 65.2 Å². The first-order valence-corrected chi connectivity index (χ1v) is 9.38. The van der Waals surface area contributed by atoms with Gasteiger partial charge >= 0.3 is 5.97 Å². The molecule has 0 aliphatic heterocycles. The molecule has 5 nitrogen and oxygen atoms in total. The van der Waals surface area contributed by atoms with Gasteiger partial charge in [0.25, 0.3) is 0 Å². The van der Waals surface area contributed by atoms with Gasteiger partial charge in [0.05, 0.1) is 30.0 Å². The molecule has 0 aliphatic carbocycles. The molecule has 0 unspecified atom stereocenters. The number of aliphatic carboxylic acids is 1. The molecule has 0 saturated carbocycles. The van der Waals surface area contributed by atoms with Crippen LogP contribution in [0.1, 0.15) is 10.6 Å². The highest BCUT2D eigenvalue weighted by Crippen LogP contribution is 2.34. The fourth-order valence-corrected chi connectivity index (χ4v) is 4.07. The number of carboxylic acid groups (broad SMARTS) is 1. The largest absolute Gasteiger partial charge is 0.497 e. The molecule has 0 spiro atoms. The number of methoxy groups -OCH3 is 2. The molecule has 1 aromatic heterocycles. The second-order valence-electron chi connectivity index (χ2n) is 6.11. The number of ether oxygens (including phenoxy) is 2. The van der Waals surface area contributed by atoms with Crippen molar-refractivity contribution >= 4 is 49.9 Å². The number of rotatable bonds is 5. The molecule has 0 aliphatic rings. The number of hydrogen-bond donors (Lipinski definition) is 1. The Bertz CT molecular complexity index is 1230. The number of carbonyl (C=O) groups is 1. The van der Waals surface area contributed by atoms with E-state index in [-0.39, 0.29) is 5.57 Å². The average Bonchev–Trinajstić information content (AvgIpc) is 3.14. The van der Waals surface area contributed by atoms with E-state index in [4.69, 9.17) is 14.5 Å². The zero-order chi connectivity index (χ0) is 19.7. The lowest BCUT2D eigenvalue weighted by Crippen LogP contribution is -2.02. The number of carboxylic acids is 1. The summed E-state index contributed by atoms with van der Waals surface area (Å²) >= 11 is 1.46. The van der Waals surface area contributed by atoms with Gasteiger partial charge in [-0.3, -0.25) is 0 Å². The molecule has 0 atom stereocenters. The van der Waals surface area contributed by atoms with Crippen LogP contribution in [0.4, 0.5) is 0 Å². The third-order valence-corrected chi connectivity index (χ3v) is 5.46. The van der Waals surface area contributed by atoms with Crippen LogP contribution in [0.2, 0.25) is 0 Å². The number of aromatic nitrogens is 1. The molecular formula is C22H17NO4S. The van der Waals surface area contributed by atoms with Crippen molar-refractivity contribution in [2.75, 3.05) is 14.2 Å². The lowest BCUT2D eigenvalue weighted by Gasteiger charge is -2.10. The summed E-state index contributed by atoms with van der Waals surface area (Å²) in [6.45, 7) is 0. The van der Waals surface area contributed by atoms with Crippen LogP contribution in [-0.4, -0.2) is 30.3 Å². The highest BCUT2D eigenvalue weighted by Gasteiger charge is 2.18. The molecule has 0 amide bonds. The van der Waals surface area contributed by atoms with E-state index < -0.39 is 5.97 Å². The van der Waals surface area contributed by atoms with Crippen molar-refractivity contribution in [3.8, 4) is 11.5 Å². The first-order chi connectivity index (χ1) is 13.6. The van der Waals surface area contributed by atoms with Crippen LogP contribution >= 0.6 is 11.3 Å². The summed E-state index contributed by atoms with van der Waals surface area (Å²) in [5, 5.41) is 12.6. The molecule has 1 N–H and O–H groups in total. The van der Waals surface area contributed by atoms with E-state index in [2.05, 4.69) is 0 Å². The summed E-state index contributed by atoms with van der Waals surface area (Å²) in [5.41, 5.74) is 1.46. The Morgan fingerprint density at radius 1 is 1.07 bits per heavy atom. The van der Waals surface area contributed by atoms with Crippen molar-refractivity contribution in [2.24, 2.45) is 0 Å². The van der Waals surface area contributed by atoms with Gasteiger partial charge in [-0.15, -0.1) is 11.3 Å². The zero-order valence-electron chi connectivity index (χ0n) is 15.3.